The molecule has 0 radical (unpaired) electrons. The Hall–Kier alpha value is -2.19. The average Bonchev–Trinajstić information content (AvgIpc) is 3.14. The maximum absolute atomic E-state index is 12.6. The van der Waals surface area contributed by atoms with E-state index in [1.807, 2.05) is 21.1 Å². The second kappa shape index (κ2) is 38.7. The summed E-state index contributed by atoms with van der Waals surface area (Å²) in [5.74, 6) is -1.47. The zero-order chi connectivity index (χ0) is 40.7. The number of carbonyl (C=O) groups is 3. The van der Waals surface area contributed by atoms with Gasteiger partial charge in [-0.15, -0.1) is 0 Å². The maximum Gasteiger partial charge on any atom is 0.362 e. The number of quaternary nitrogens is 1. The molecule has 322 valence electrons. The molecule has 0 amide bonds. The van der Waals surface area contributed by atoms with Gasteiger partial charge in [0.15, 0.2) is 12.1 Å². The fraction of sp³-hybridized carbons (Fsp3) is 0.851. The van der Waals surface area contributed by atoms with Gasteiger partial charge in [0.25, 0.3) is 0 Å². The number of hydrogen-bond donors (Lipinski definition) is 1. The number of nitrogens with zero attached hydrogens (tertiary/aromatic N) is 1. The first kappa shape index (κ1) is 52.8. The van der Waals surface area contributed by atoms with Crippen molar-refractivity contribution in [2.75, 3.05) is 41.0 Å². The highest BCUT2D eigenvalue weighted by Crippen LogP contribution is 2.14. The molecule has 0 rings (SSSR count). The maximum atomic E-state index is 12.6. The molecule has 0 fully saturated rings. The summed E-state index contributed by atoms with van der Waals surface area (Å²) in [5, 5.41) is 9.59. The minimum Gasteiger partial charge on any atom is -0.477 e. The van der Waals surface area contributed by atoms with E-state index in [0.717, 1.165) is 51.4 Å². The standard InChI is InChI=1S/C47H87NO7/c1-6-8-10-12-14-16-17-18-19-20-21-22-23-24-25-26-27-28-29-30-32-33-35-37-45(49)54-42-43(41-53-40-39-44(47(51)52)48(3,4)5)55-46(50)38-36-34-31-15-13-11-9-7-2/h21-22,24-25,43-44H,6-20,23,26-42H2,1-5H3/p+1/b22-21+,25-24+. The summed E-state index contributed by atoms with van der Waals surface area (Å²) < 4.78 is 17.2. The van der Waals surface area contributed by atoms with E-state index >= 15 is 0 Å². The van der Waals surface area contributed by atoms with Crippen molar-refractivity contribution in [1.29, 1.82) is 0 Å². The third-order valence-corrected chi connectivity index (χ3v) is 10.4. The van der Waals surface area contributed by atoms with Gasteiger partial charge in [-0.1, -0.05) is 167 Å². The van der Waals surface area contributed by atoms with E-state index in [4.69, 9.17) is 14.2 Å². The van der Waals surface area contributed by atoms with Crippen LogP contribution in [0.3, 0.4) is 0 Å². The van der Waals surface area contributed by atoms with Gasteiger partial charge >= 0.3 is 17.9 Å². The molecule has 0 saturated heterocycles. The van der Waals surface area contributed by atoms with E-state index in [-0.39, 0.29) is 36.2 Å². The zero-order valence-electron chi connectivity index (χ0n) is 36.6. The summed E-state index contributed by atoms with van der Waals surface area (Å²) in [6.45, 7) is 4.71. The number of aliphatic carboxylic acids is 1. The van der Waals surface area contributed by atoms with Crippen LogP contribution in [0, 0.1) is 0 Å². The van der Waals surface area contributed by atoms with Gasteiger partial charge in [-0.3, -0.25) is 9.59 Å². The number of carboxylic acids is 1. The van der Waals surface area contributed by atoms with Gasteiger partial charge < -0.3 is 23.8 Å². The van der Waals surface area contributed by atoms with Crippen molar-refractivity contribution in [2.45, 2.75) is 219 Å². The predicted molar refractivity (Wildman–Crippen MR) is 229 cm³/mol. The Kier molecular flexibility index (Phi) is 37.1. The number of carboxylic acid groups (broad SMARTS) is 1. The van der Waals surface area contributed by atoms with Crippen LogP contribution in [-0.4, -0.2) is 80.6 Å². The molecule has 2 unspecified atom stereocenters. The van der Waals surface area contributed by atoms with Crippen LogP contribution >= 0.6 is 0 Å². The summed E-state index contributed by atoms with van der Waals surface area (Å²) in [5.41, 5.74) is 0. The monoisotopic (exact) mass is 779 g/mol. The lowest BCUT2D eigenvalue weighted by Crippen LogP contribution is -2.50. The van der Waals surface area contributed by atoms with Crippen LogP contribution in [0.5, 0.6) is 0 Å². The second-order valence-electron chi connectivity index (χ2n) is 16.7. The molecule has 0 aromatic rings. The van der Waals surface area contributed by atoms with Gasteiger partial charge in [0.05, 0.1) is 34.4 Å². The number of unbranched alkanes of at least 4 members (excludes halogenated alkanes) is 23. The SMILES string of the molecule is CCCCCCCCCCC/C=C/C/C=C/CCCCCCCCCC(=O)OCC(COCCC(C(=O)O)[N+](C)(C)C)OC(=O)CCCCCCCCCC. The van der Waals surface area contributed by atoms with Crippen molar-refractivity contribution in [1.82, 2.24) is 0 Å². The van der Waals surface area contributed by atoms with Gasteiger partial charge in [0.2, 0.25) is 0 Å². The van der Waals surface area contributed by atoms with E-state index in [2.05, 4.69) is 38.2 Å². The lowest BCUT2D eigenvalue weighted by Gasteiger charge is -2.31. The van der Waals surface area contributed by atoms with E-state index in [1.54, 1.807) is 0 Å². The van der Waals surface area contributed by atoms with Gasteiger partial charge in [-0.05, 0) is 44.9 Å². The number of hydrogen-bond acceptors (Lipinski definition) is 6. The van der Waals surface area contributed by atoms with E-state index in [9.17, 15) is 19.5 Å². The summed E-state index contributed by atoms with van der Waals surface area (Å²) in [7, 11) is 5.52. The molecule has 0 aliphatic carbocycles. The molecule has 0 aliphatic heterocycles. The Labute approximate surface area is 339 Å². The third kappa shape index (κ3) is 37.2. The summed E-state index contributed by atoms with van der Waals surface area (Å²) in [6.07, 6.45) is 42.4. The summed E-state index contributed by atoms with van der Waals surface area (Å²) in [4.78, 5) is 36.8. The minimum atomic E-state index is -0.876. The Bertz CT molecular complexity index is 957. The molecule has 1 N–H and O–H groups in total. The number of carbonyl (C=O) groups excluding carboxylic acids is 2. The fourth-order valence-electron chi connectivity index (χ4n) is 6.77. The van der Waals surface area contributed by atoms with E-state index in [0.29, 0.717) is 19.3 Å². The first-order valence-electron chi connectivity index (χ1n) is 22.9. The molecule has 0 spiro atoms. The Morgan fingerprint density at radius 2 is 0.964 bits per heavy atom. The van der Waals surface area contributed by atoms with Crippen LogP contribution in [0.4, 0.5) is 0 Å². The molecule has 0 aliphatic rings. The number of esters is 2. The fourth-order valence-corrected chi connectivity index (χ4v) is 6.77. The summed E-state index contributed by atoms with van der Waals surface area (Å²) in [6, 6.07) is -0.612. The van der Waals surface area contributed by atoms with Gasteiger partial charge in [0.1, 0.15) is 6.61 Å². The Morgan fingerprint density at radius 1 is 0.545 bits per heavy atom. The number of likely N-dealkylation sites (N-methyl/N-ethyl adjacent to an activating group) is 1. The lowest BCUT2D eigenvalue weighted by molar-refractivity contribution is -0.887. The molecule has 0 aromatic carbocycles. The second-order valence-corrected chi connectivity index (χ2v) is 16.7. The van der Waals surface area contributed by atoms with Gasteiger partial charge in [-0.2, -0.15) is 0 Å². The molecule has 2 atom stereocenters. The van der Waals surface area contributed by atoms with Crippen molar-refractivity contribution < 1.29 is 38.2 Å². The highest BCUT2D eigenvalue weighted by molar-refractivity contribution is 5.72. The van der Waals surface area contributed by atoms with Gasteiger partial charge in [0, 0.05) is 19.3 Å². The number of rotatable bonds is 41. The van der Waals surface area contributed by atoms with Crippen molar-refractivity contribution in [2.24, 2.45) is 0 Å². The molecular weight excluding hydrogens is 691 g/mol. The van der Waals surface area contributed by atoms with Crippen molar-refractivity contribution in [3.63, 3.8) is 0 Å². The highest BCUT2D eigenvalue weighted by Gasteiger charge is 2.31. The van der Waals surface area contributed by atoms with Crippen molar-refractivity contribution >= 4 is 17.9 Å². The molecule has 0 saturated carbocycles. The lowest BCUT2D eigenvalue weighted by atomic mass is 10.1. The van der Waals surface area contributed by atoms with Crippen LogP contribution in [-0.2, 0) is 28.6 Å². The smallest absolute Gasteiger partial charge is 0.362 e. The van der Waals surface area contributed by atoms with E-state index < -0.39 is 18.1 Å². The molecule has 8 heteroatoms. The quantitative estimate of drug-likeness (QED) is 0.0285. The van der Waals surface area contributed by atoms with Crippen LogP contribution in [0.25, 0.3) is 0 Å². The molecule has 0 aromatic heterocycles. The first-order chi connectivity index (χ1) is 26.6. The molecule has 0 heterocycles. The van der Waals surface area contributed by atoms with Gasteiger partial charge in [-0.25, -0.2) is 4.79 Å². The third-order valence-electron chi connectivity index (χ3n) is 10.4. The summed E-state index contributed by atoms with van der Waals surface area (Å²) >= 11 is 0. The number of allylic oxidation sites excluding steroid dienone is 4. The predicted octanol–water partition coefficient (Wildman–Crippen LogP) is 12.5. The molecule has 0 bridgehead atoms. The normalized spacial score (nSPS) is 13.1. The molecular formula is C47H88NO7+. The van der Waals surface area contributed by atoms with Crippen LogP contribution in [0.2, 0.25) is 0 Å². The molecule has 8 nitrogen and oxygen atoms in total. The zero-order valence-corrected chi connectivity index (χ0v) is 36.6. The largest absolute Gasteiger partial charge is 0.477 e. The van der Waals surface area contributed by atoms with Crippen LogP contribution in [0.1, 0.15) is 206 Å². The topological polar surface area (TPSA) is 99.1 Å². The van der Waals surface area contributed by atoms with Crippen LogP contribution < -0.4 is 0 Å². The highest BCUT2D eigenvalue weighted by atomic mass is 16.6. The molecule has 55 heavy (non-hydrogen) atoms. The van der Waals surface area contributed by atoms with Crippen LogP contribution in [0.15, 0.2) is 24.3 Å². The van der Waals surface area contributed by atoms with Crippen molar-refractivity contribution in [3.05, 3.63) is 24.3 Å². The Balaban J connectivity index is 4.14. The van der Waals surface area contributed by atoms with Crippen molar-refractivity contribution in [3.8, 4) is 0 Å². The van der Waals surface area contributed by atoms with E-state index in [1.165, 1.54) is 122 Å². The number of ether oxygens (including phenoxy) is 3. The Morgan fingerprint density at radius 3 is 1.40 bits per heavy atom. The average molecular weight is 779 g/mol. The first-order valence-corrected chi connectivity index (χ1v) is 22.9. The minimum absolute atomic E-state index is 0.0518.